The van der Waals surface area contributed by atoms with Crippen LogP contribution in [-0.4, -0.2) is 37.5 Å². The van der Waals surface area contributed by atoms with E-state index < -0.39 is 0 Å². The minimum atomic E-state index is 0. The molecule has 0 saturated carbocycles. The molecule has 1 aromatic rings. The van der Waals surface area contributed by atoms with Crippen molar-refractivity contribution in [1.82, 2.24) is 10.2 Å². The van der Waals surface area contributed by atoms with E-state index >= 15 is 0 Å². The Bertz CT molecular complexity index is 369. The molecule has 1 saturated heterocycles. The van der Waals surface area contributed by atoms with E-state index in [1.165, 1.54) is 4.88 Å². The molecule has 1 fully saturated rings. The Balaban J connectivity index is 0.00000162. The van der Waals surface area contributed by atoms with Crippen molar-refractivity contribution in [2.45, 2.75) is 19.3 Å². The molecule has 1 aliphatic rings. The Hall–Kier alpha value is -0.580. The van der Waals surface area contributed by atoms with Crippen LogP contribution in [0.4, 0.5) is 0 Å². The first-order valence-electron chi connectivity index (χ1n) is 6.19. The highest BCUT2D eigenvalue weighted by Gasteiger charge is 2.29. The lowest BCUT2D eigenvalue weighted by atomic mass is 10.1. The molecule has 0 bridgehead atoms. The van der Waals surface area contributed by atoms with Gasteiger partial charge in [-0.15, -0.1) is 23.7 Å². The number of carbonyl (C=O) groups excluding carboxylic acids is 1. The summed E-state index contributed by atoms with van der Waals surface area (Å²) >= 11 is 1.67. The summed E-state index contributed by atoms with van der Waals surface area (Å²) in [5, 5.41) is 5.22. The summed E-state index contributed by atoms with van der Waals surface area (Å²) in [4.78, 5) is 15.5. The van der Waals surface area contributed by atoms with Crippen LogP contribution in [0.3, 0.4) is 0 Å². The zero-order chi connectivity index (χ0) is 12.3. The van der Waals surface area contributed by atoms with Gasteiger partial charge in [0.25, 0.3) is 0 Å². The van der Waals surface area contributed by atoms with Crippen molar-refractivity contribution in [3.63, 3.8) is 0 Å². The van der Waals surface area contributed by atoms with E-state index in [9.17, 15) is 4.79 Å². The molecule has 0 radical (unpaired) electrons. The second-order valence-corrected chi connectivity index (χ2v) is 5.71. The lowest BCUT2D eigenvalue weighted by Crippen LogP contribution is -2.33. The van der Waals surface area contributed by atoms with Crippen LogP contribution in [0.5, 0.6) is 0 Å². The van der Waals surface area contributed by atoms with E-state index in [1.54, 1.807) is 11.3 Å². The first-order chi connectivity index (χ1) is 8.22. The number of carbonyl (C=O) groups is 1. The number of hydrogen-bond donors (Lipinski definition) is 1. The second-order valence-electron chi connectivity index (χ2n) is 4.73. The molecule has 18 heavy (non-hydrogen) atoms. The molecule has 5 heteroatoms. The average molecular weight is 289 g/mol. The SMILES string of the molecule is CNCC1CCN(C(=O)C(C)c2cccs2)C1.Cl. The van der Waals surface area contributed by atoms with Gasteiger partial charge in [0.05, 0.1) is 5.92 Å². The Labute approximate surface area is 119 Å². The van der Waals surface area contributed by atoms with Crippen molar-refractivity contribution in [3.05, 3.63) is 22.4 Å². The van der Waals surface area contributed by atoms with Crippen LogP contribution >= 0.6 is 23.7 Å². The Morgan fingerprint density at radius 1 is 1.67 bits per heavy atom. The molecular formula is C13H21ClN2OS. The molecule has 0 aromatic carbocycles. The summed E-state index contributed by atoms with van der Waals surface area (Å²) < 4.78 is 0. The van der Waals surface area contributed by atoms with E-state index in [-0.39, 0.29) is 24.2 Å². The third-order valence-corrected chi connectivity index (χ3v) is 4.49. The summed E-state index contributed by atoms with van der Waals surface area (Å²) in [7, 11) is 1.97. The molecule has 3 nitrogen and oxygen atoms in total. The van der Waals surface area contributed by atoms with Gasteiger partial charge in [0.15, 0.2) is 0 Å². The molecule has 1 aliphatic heterocycles. The van der Waals surface area contributed by atoms with Gasteiger partial charge >= 0.3 is 0 Å². The van der Waals surface area contributed by atoms with E-state index in [4.69, 9.17) is 0 Å². The van der Waals surface area contributed by atoms with E-state index in [1.807, 2.05) is 36.4 Å². The van der Waals surface area contributed by atoms with Crippen LogP contribution in [-0.2, 0) is 4.79 Å². The number of likely N-dealkylation sites (tertiary alicyclic amines) is 1. The van der Waals surface area contributed by atoms with E-state index in [0.29, 0.717) is 5.92 Å². The third-order valence-electron chi connectivity index (χ3n) is 3.43. The van der Waals surface area contributed by atoms with Gasteiger partial charge in [-0.1, -0.05) is 6.07 Å². The largest absolute Gasteiger partial charge is 0.342 e. The summed E-state index contributed by atoms with van der Waals surface area (Å²) in [5.74, 6) is 0.925. The van der Waals surface area contributed by atoms with Crippen LogP contribution in [0.25, 0.3) is 0 Å². The Morgan fingerprint density at radius 3 is 3.06 bits per heavy atom. The lowest BCUT2D eigenvalue weighted by molar-refractivity contribution is -0.131. The fraction of sp³-hybridized carbons (Fsp3) is 0.615. The van der Waals surface area contributed by atoms with Gasteiger partial charge in [-0.05, 0) is 44.3 Å². The third kappa shape index (κ3) is 3.46. The lowest BCUT2D eigenvalue weighted by Gasteiger charge is -2.20. The number of hydrogen-bond acceptors (Lipinski definition) is 3. The van der Waals surface area contributed by atoms with E-state index in [0.717, 1.165) is 26.1 Å². The molecule has 2 rings (SSSR count). The highest BCUT2D eigenvalue weighted by Crippen LogP contribution is 2.25. The van der Waals surface area contributed by atoms with Crippen molar-refractivity contribution in [2.24, 2.45) is 5.92 Å². The maximum Gasteiger partial charge on any atom is 0.230 e. The summed E-state index contributed by atoms with van der Waals surface area (Å²) in [6.07, 6.45) is 1.13. The Morgan fingerprint density at radius 2 is 2.44 bits per heavy atom. The fourth-order valence-electron chi connectivity index (χ4n) is 2.42. The number of halogens is 1. The molecular weight excluding hydrogens is 268 g/mol. The van der Waals surface area contributed by atoms with Gasteiger partial charge in [-0.3, -0.25) is 4.79 Å². The predicted octanol–water partition coefficient (Wildman–Crippen LogP) is 2.34. The predicted molar refractivity (Wildman–Crippen MR) is 78.6 cm³/mol. The molecule has 102 valence electrons. The number of rotatable bonds is 4. The number of amides is 1. The summed E-state index contributed by atoms with van der Waals surface area (Å²) in [6, 6.07) is 4.06. The Kier molecular flexibility index (Phi) is 6.12. The molecule has 1 aromatic heterocycles. The standard InChI is InChI=1S/C13H20N2OS.ClH/c1-10(12-4-3-7-17-12)13(16)15-6-5-11(9-15)8-14-2;/h3-4,7,10-11,14H,5-6,8-9H2,1-2H3;1H. The van der Waals surface area contributed by atoms with Crippen molar-refractivity contribution in [2.75, 3.05) is 26.7 Å². The molecule has 2 heterocycles. The second kappa shape index (κ2) is 7.12. The van der Waals surface area contributed by atoms with Crippen LogP contribution in [0.1, 0.15) is 24.1 Å². The zero-order valence-electron chi connectivity index (χ0n) is 10.9. The first-order valence-corrected chi connectivity index (χ1v) is 7.07. The van der Waals surface area contributed by atoms with E-state index in [2.05, 4.69) is 5.32 Å². The van der Waals surface area contributed by atoms with Gasteiger partial charge in [0.2, 0.25) is 5.91 Å². The van der Waals surface area contributed by atoms with Crippen molar-refractivity contribution < 1.29 is 4.79 Å². The first kappa shape index (κ1) is 15.5. The normalized spacial score (nSPS) is 20.6. The van der Waals surface area contributed by atoms with Crippen LogP contribution < -0.4 is 5.32 Å². The van der Waals surface area contributed by atoms with Gasteiger partial charge in [0, 0.05) is 18.0 Å². The van der Waals surface area contributed by atoms with Gasteiger partial charge in [0.1, 0.15) is 0 Å². The summed E-state index contributed by atoms with van der Waals surface area (Å²) in [5.41, 5.74) is 0. The maximum atomic E-state index is 12.3. The fourth-order valence-corrected chi connectivity index (χ4v) is 3.20. The zero-order valence-corrected chi connectivity index (χ0v) is 12.5. The minimum Gasteiger partial charge on any atom is -0.342 e. The highest BCUT2D eigenvalue weighted by atomic mass is 35.5. The summed E-state index contributed by atoms with van der Waals surface area (Å²) in [6.45, 7) is 4.85. The molecule has 1 N–H and O–H groups in total. The monoisotopic (exact) mass is 288 g/mol. The van der Waals surface area contributed by atoms with Crippen LogP contribution in [0, 0.1) is 5.92 Å². The topological polar surface area (TPSA) is 32.3 Å². The molecule has 2 atom stereocenters. The van der Waals surface area contributed by atoms with Crippen molar-refractivity contribution in [1.29, 1.82) is 0 Å². The molecule has 0 spiro atoms. The number of thiophene rings is 1. The average Bonchev–Trinajstić information content (AvgIpc) is 2.98. The molecule has 2 unspecified atom stereocenters. The van der Waals surface area contributed by atoms with Crippen molar-refractivity contribution >= 4 is 29.7 Å². The molecule has 1 amide bonds. The smallest absolute Gasteiger partial charge is 0.230 e. The van der Waals surface area contributed by atoms with Crippen molar-refractivity contribution in [3.8, 4) is 0 Å². The number of nitrogens with one attached hydrogen (secondary N) is 1. The highest BCUT2D eigenvalue weighted by molar-refractivity contribution is 7.10. The quantitative estimate of drug-likeness (QED) is 0.922. The maximum absolute atomic E-state index is 12.3. The van der Waals surface area contributed by atoms with Gasteiger partial charge < -0.3 is 10.2 Å². The van der Waals surface area contributed by atoms with Crippen LogP contribution in [0.15, 0.2) is 17.5 Å². The van der Waals surface area contributed by atoms with Gasteiger partial charge in [-0.25, -0.2) is 0 Å². The van der Waals surface area contributed by atoms with Gasteiger partial charge in [-0.2, -0.15) is 0 Å². The number of nitrogens with zero attached hydrogens (tertiary/aromatic N) is 1. The minimum absolute atomic E-state index is 0. The molecule has 0 aliphatic carbocycles. The van der Waals surface area contributed by atoms with Crippen LogP contribution in [0.2, 0.25) is 0 Å².